The lowest BCUT2D eigenvalue weighted by Gasteiger charge is -2.31. The second-order valence-corrected chi connectivity index (χ2v) is 5.20. The SMILES string of the molecule is CCNC(c1ccc(OC)cc1C)C(OC)C(C)C. The summed E-state index contributed by atoms with van der Waals surface area (Å²) in [6.45, 7) is 9.55. The van der Waals surface area contributed by atoms with Gasteiger partial charge in [0.2, 0.25) is 0 Å². The number of likely N-dealkylation sites (N-methyl/N-ethyl adjacent to an activating group) is 1. The number of nitrogens with one attached hydrogen (secondary N) is 1. The topological polar surface area (TPSA) is 30.5 Å². The summed E-state index contributed by atoms with van der Waals surface area (Å²) in [5.41, 5.74) is 2.51. The van der Waals surface area contributed by atoms with Crippen molar-refractivity contribution in [2.45, 2.75) is 39.8 Å². The summed E-state index contributed by atoms with van der Waals surface area (Å²) in [6.07, 6.45) is 0.159. The minimum Gasteiger partial charge on any atom is -0.497 e. The molecule has 0 saturated heterocycles. The van der Waals surface area contributed by atoms with Gasteiger partial charge in [-0.3, -0.25) is 0 Å². The third-order valence-electron chi connectivity index (χ3n) is 3.49. The van der Waals surface area contributed by atoms with Crippen molar-refractivity contribution in [3.8, 4) is 5.75 Å². The molecule has 0 aliphatic heterocycles. The molecule has 2 atom stereocenters. The van der Waals surface area contributed by atoms with Gasteiger partial charge in [-0.15, -0.1) is 0 Å². The first-order chi connectivity index (χ1) is 9.04. The summed E-state index contributed by atoms with van der Waals surface area (Å²) in [6, 6.07) is 6.43. The van der Waals surface area contributed by atoms with Gasteiger partial charge in [-0.2, -0.15) is 0 Å². The molecule has 0 aliphatic rings. The molecule has 0 aliphatic carbocycles. The molecule has 1 aromatic rings. The Labute approximate surface area is 117 Å². The van der Waals surface area contributed by atoms with Crippen LogP contribution >= 0.6 is 0 Å². The zero-order chi connectivity index (χ0) is 14.4. The number of hydrogen-bond acceptors (Lipinski definition) is 3. The van der Waals surface area contributed by atoms with Crippen molar-refractivity contribution < 1.29 is 9.47 Å². The average molecular weight is 265 g/mol. The summed E-state index contributed by atoms with van der Waals surface area (Å²) < 4.78 is 11.0. The molecule has 108 valence electrons. The van der Waals surface area contributed by atoms with E-state index in [-0.39, 0.29) is 12.1 Å². The molecule has 1 rings (SSSR count). The van der Waals surface area contributed by atoms with E-state index >= 15 is 0 Å². The number of ether oxygens (including phenoxy) is 2. The van der Waals surface area contributed by atoms with E-state index < -0.39 is 0 Å². The Morgan fingerprint density at radius 2 is 1.89 bits per heavy atom. The van der Waals surface area contributed by atoms with Gasteiger partial charge in [-0.1, -0.05) is 26.8 Å². The third kappa shape index (κ3) is 3.95. The number of aryl methyl sites for hydroxylation is 1. The van der Waals surface area contributed by atoms with Gasteiger partial charge in [0.25, 0.3) is 0 Å². The van der Waals surface area contributed by atoms with Crippen LogP contribution in [0.5, 0.6) is 5.75 Å². The average Bonchev–Trinajstić information content (AvgIpc) is 2.38. The van der Waals surface area contributed by atoms with Gasteiger partial charge < -0.3 is 14.8 Å². The monoisotopic (exact) mass is 265 g/mol. The highest BCUT2D eigenvalue weighted by Gasteiger charge is 2.26. The molecule has 19 heavy (non-hydrogen) atoms. The zero-order valence-corrected chi connectivity index (χ0v) is 13.0. The minimum absolute atomic E-state index is 0.159. The summed E-state index contributed by atoms with van der Waals surface area (Å²) >= 11 is 0. The van der Waals surface area contributed by atoms with E-state index in [4.69, 9.17) is 9.47 Å². The Balaban J connectivity index is 3.11. The van der Waals surface area contributed by atoms with Crippen LogP contribution in [-0.4, -0.2) is 26.9 Å². The van der Waals surface area contributed by atoms with Crippen LogP contribution in [0.15, 0.2) is 18.2 Å². The van der Waals surface area contributed by atoms with E-state index in [1.54, 1.807) is 14.2 Å². The largest absolute Gasteiger partial charge is 0.497 e. The quantitative estimate of drug-likeness (QED) is 0.820. The fraction of sp³-hybridized carbons (Fsp3) is 0.625. The first-order valence-electron chi connectivity index (χ1n) is 6.95. The number of rotatable bonds is 7. The van der Waals surface area contributed by atoms with Gasteiger partial charge in [0.15, 0.2) is 0 Å². The molecule has 2 unspecified atom stereocenters. The van der Waals surface area contributed by atoms with E-state index in [1.165, 1.54) is 11.1 Å². The van der Waals surface area contributed by atoms with Crippen LogP contribution in [0.3, 0.4) is 0 Å². The van der Waals surface area contributed by atoms with Gasteiger partial charge in [0, 0.05) is 7.11 Å². The molecule has 0 heterocycles. The maximum atomic E-state index is 5.70. The zero-order valence-electron chi connectivity index (χ0n) is 13.0. The molecule has 0 bridgehead atoms. The van der Waals surface area contributed by atoms with Crippen LogP contribution in [0, 0.1) is 12.8 Å². The fourth-order valence-corrected chi connectivity index (χ4v) is 2.54. The van der Waals surface area contributed by atoms with E-state index in [0.29, 0.717) is 5.92 Å². The Morgan fingerprint density at radius 1 is 1.21 bits per heavy atom. The third-order valence-corrected chi connectivity index (χ3v) is 3.49. The lowest BCUT2D eigenvalue weighted by Crippen LogP contribution is -2.37. The lowest BCUT2D eigenvalue weighted by atomic mass is 9.90. The van der Waals surface area contributed by atoms with Crippen LogP contribution in [0.2, 0.25) is 0 Å². The smallest absolute Gasteiger partial charge is 0.119 e. The van der Waals surface area contributed by atoms with E-state index in [2.05, 4.69) is 45.1 Å². The number of methoxy groups -OCH3 is 2. The van der Waals surface area contributed by atoms with E-state index in [9.17, 15) is 0 Å². The normalized spacial score (nSPS) is 14.5. The van der Waals surface area contributed by atoms with Crippen LogP contribution in [0.1, 0.15) is 37.9 Å². The Bertz CT molecular complexity index is 390. The molecule has 0 fully saturated rings. The lowest BCUT2D eigenvalue weighted by molar-refractivity contribution is 0.0329. The highest BCUT2D eigenvalue weighted by atomic mass is 16.5. The number of hydrogen-bond donors (Lipinski definition) is 1. The Hall–Kier alpha value is -1.06. The molecule has 0 amide bonds. The molecular formula is C16H27NO2. The molecule has 0 spiro atoms. The second-order valence-electron chi connectivity index (χ2n) is 5.20. The van der Waals surface area contributed by atoms with E-state index in [0.717, 1.165) is 12.3 Å². The summed E-state index contributed by atoms with van der Waals surface area (Å²) in [4.78, 5) is 0. The summed E-state index contributed by atoms with van der Waals surface area (Å²) in [5.74, 6) is 1.35. The minimum atomic E-state index is 0.159. The van der Waals surface area contributed by atoms with E-state index in [1.807, 2.05) is 6.07 Å². The van der Waals surface area contributed by atoms with Crippen molar-refractivity contribution >= 4 is 0 Å². The second kappa shape index (κ2) is 7.51. The van der Waals surface area contributed by atoms with Gasteiger partial charge in [-0.25, -0.2) is 0 Å². The van der Waals surface area contributed by atoms with Gasteiger partial charge in [-0.05, 0) is 42.6 Å². The summed E-state index contributed by atoms with van der Waals surface area (Å²) in [7, 11) is 3.48. The molecule has 3 nitrogen and oxygen atoms in total. The molecule has 3 heteroatoms. The van der Waals surface area contributed by atoms with Crippen molar-refractivity contribution in [3.05, 3.63) is 29.3 Å². The Kier molecular flexibility index (Phi) is 6.32. The molecule has 1 N–H and O–H groups in total. The fourth-order valence-electron chi connectivity index (χ4n) is 2.54. The van der Waals surface area contributed by atoms with Gasteiger partial charge >= 0.3 is 0 Å². The maximum Gasteiger partial charge on any atom is 0.119 e. The Morgan fingerprint density at radius 3 is 2.32 bits per heavy atom. The first-order valence-corrected chi connectivity index (χ1v) is 6.95. The van der Waals surface area contributed by atoms with Crippen molar-refractivity contribution in [1.29, 1.82) is 0 Å². The highest BCUT2D eigenvalue weighted by molar-refractivity contribution is 5.37. The van der Waals surface area contributed by atoms with Gasteiger partial charge in [0.1, 0.15) is 5.75 Å². The molecule has 1 aromatic carbocycles. The molecule has 0 radical (unpaired) electrons. The maximum absolute atomic E-state index is 5.70. The van der Waals surface area contributed by atoms with Crippen LogP contribution in [0.4, 0.5) is 0 Å². The van der Waals surface area contributed by atoms with Crippen LogP contribution in [-0.2, 0) is 4.74 Å². The standard InChI is InChI=1S/C16H27NO2/c1-7-17-15(16(19-6)11(2)3)14-9-8-13(18-5)10-12(14)4/h8-11,15-17H,7H2,1-6H3. The van der Waals surface area contributed by atoms with Crippen molar-refractivity contribution in [2.24, 2.45) is 5.92 Å². The molecule has 0 saturated carbocycles. The molecular weight excluding hydrogens is 238 g/mol. The van der Waals surface area contributed by atoms with Crippen LogP contribution < -0.4 is 10.1 Å². The predicted molar refractivity (Wildman–Crippen MR) is 79.8 cm³/mol. The van der Waals surface area contributed by atoms with Crippen molar-refractivity contribution in [1.82, 2.24) is 5.32 Å². The van der Waals surface area contributed by atoms with Crippen LogP contribution in [0.25, 0.3) is 0 Å². The predicted octanol–water partition coefficient (Wildman–Crippen LogP) is 3.33. The van der Waals surface area contributed by atoms with Crippen molar-refractivity contribution in [2.75, 3.05) is 20.8 Å². The summed E-state index contributed by atoms with van der Waals surface area (Å²) in [5, 5.41) is 3.54. The first kappa shape index (κ1) is 16.0. The molecule has 0 aromatic heterocycles. The number of benzene rings is 1. The van der Waals surface area contributed by atoms with Gasteiger partial charge in [0.05, 0.1) is 19.3 Å². The highest BCUT2D eigenvalue weighted by Crippen LogP contribution is 2.29. The van der Waals surface area contributed by atoms with Crippen molar-refractivity contribution in [3.63, 3.8) is 0 Å².